The van der Waals surface area contributed by atoms with Gasteiger partial charge in [0.1, 0.15) is 17.8 Å². The van der Waals surface area contributed by atoms with Gasteiger partial charge < -0.3 is 9.30 Å². The molecule has 0 N–H and O–H groups in total. The number of ether oxygens (including phenoxy) is 1. The number of imidazole rings is 1. The van der Waals surface area contributed by atoms with Crippen LogP contribution in [0, 0.1) is 0 Å². The van der Waals surface area contributed by atoms with Gasteiger partial charge in [0.25, 0.3) is 0 Å². The van der Waals surface area contributed by atoms with Gasteiger partial charge in [-0.2, -0.15) is 0 Å². The highest BCUT2D eigenvalue weighted by Crippen LogP contribution is 2.15. The summed E-state index contributed by atoms with van der Waals surface area (Å²) in [6, 6.07) is 7.54. The molecule has 0 saturated heterocycles. The highest BCUT2D eigenvalue weighted by molar-refractivity contribution is 5.91. The first-order chi connectivity index (χ1) is 7.70. The molecule has 0 aliphatic rings. The third-order valence-corrected chi connectivity index (χ3v) is 2.31. The van der Waals surface area contributed by atoms with E-state index >= 15 is 0 Å². The van der Waals surface area contributed by atoms with Gasteiger partial charge in [0, 0.05) is 18.8 Å². The number of carbonyl (C=O) groups excluding carboxylic acids is 1. The lowest BCUT2D eigenvalue weighted by atomic mass is 10.3. The number of benzene rings is 1. The molecule has 1 aromatic carbocycles. The summed E-state index contributed by atoms with van der Waals surface area (Å²) < 4.78 is 6.87. The van der Waals surface area contributed by atoms with E-state index in [0.717, 1.165) is 11.4 Å². The van der Waals surface area contributed by atoms with Gasteiger partial charge in [-0.3, -0.25) is 4.79 Å². The molecule has 0 unspecified atom stereocenters. The predicted molar refractivity (Wildman–Crippen MR) is 60.1 cm³/mol. The lowest BCUT2D eigenvalue weighted by molar-refractivity contribution is 0.101. The Balaban J connectivity index is 2.31. The maximum absolute atomic E-state index is 11.1. The van der Waals surface area contributed by atoms with Crippen LogP contribution in [0.15, 0.2) is 36.8 Å². The third-order valence-electron chi connectivity index (χ3n) is 2.31. The molecular weight excluding hydrogens is 204 g/mol. The van der Waals surface area contributed by atoms with Crippen molar-refractivity contribution in [2.24, 2.45) is 0 Å². The van der Waals surface area contributed by atoms with Crippen LogP contribution in [0.4, 0.5) is 0 Å². The number of aromatic nitrogens is 2. The molecule has 0 atom stereocenters. The van der Waals surface area contributed by atoms with E-state index in [1.54, 1.807) is 24.2 Å². The molecule has 0 aliphatic carbocycles. The standard InChI is InChI=1S/C12H12N2O2/c1-9(15)12-7-14(8-13-12)10-3-5-11(16-2)6-4-10/h3-8H,1-2H3. The van der Waals surface area contributed by atoms with Crippen LogP contribution < -0.4 is 4.74 Å². The van der Waals surface area contributed by atoms with Gasteiger partial charge in [-0.15, -0.1) is 0 Å². The fourth-order valence-corrected chi connectivity index (χ4v) is 1.40. The van der Waals surface area contributed by atoms with Gasteiger partial charge in [-0.05, 0) is 24.3 Å². The van der Waals surface area contributed by atoms with Crippen LogP contribution in [-0.2, 0) is 0 Å². The Labute approximate surface area is 93.5 Å². The van der Waals surface area contributed by atoms with Crippen molar-refractivity contribution in [2.75, 3.05) is 7.11 Å². The van der Waals surface area contributed by atoms with Gasteiger partial charge in [0.05, 0.1) is 7.11 Å². The van der Waals surface area contributed by atoms with E-state index in [1.807, 2.05) is 24.3 Å². The number of nitrogens with zero attached hydrogens (tertiary/aromatic N) is 2. The zero-order valence-corrected chi connectivity index (χ0v) is 9.18. The molecule has 0 saturated carbocycles. The summed E-state index contributed by atoms with van der Waals surface area (Å²) in [7, 11) is 1.63. The average molecular weight is 216 g/mol. The fourth-order valence-electron chi connectivity index (χ4n) is 1.40. The minimum Gasteiger partial charge on any atom is -0.497 e. The van der Waals surface area contributed by atoms with Gasteiger partial charge >= 0.3 is 0 Å². The van der Waals surface area contributed by atoms with Crippen LogP contribution in [0.1, 0.15) is 17.4 Å². The average Bonchev–Trinajstić information content (AvgIpc) is 2.78. The van der Waals surface area contributed by atoms with Crippen LogP contribution in [0.25, 0.3) is 5.69 Å². The summed E-state index contributed by atoms with van der Waals surface area (Å²) in [5, 5.41) is 0. The van der Waals surface area contributed by atoms with E-state index < -0.39 is 0 Å². The second-order valence-electron chi connectivity index (χ2n) is 3.42. The first kappa shape index (κ1) is 10.4. The van der Waals surface area contributed by atoms with E-state index in [4.69, 9.17) is 4.74 Å². The number of hydrogen-bond donors (Lipinski definition) is 0. The van der Waals surface area contributed by atoms with Gasteiger partial charge in [0.15, 0.2) is 5.78 Å². The van der Waals surface area contributed by atoms with Crippen LogP contribution in [0.2, 0.25) is 0 Å². The zero-order valence-electron chi connectivity index (χ0n) is 9.18. The quantitative estimate of drug-likeness (QED) is 0.738. The summed E-state index contributed by atoms with van der Waals surface area (Å²) in [4.78, 5) is 15.1. The molecule has 0 fully saturated rings. The predicted octanol–water partition coefficient (Wildman–Crippen LogP) is 2.08. The van der Waals surface area contributed by atoms with Crippen molar-refractivity contribution in [3.8, 4) is 11.4 Å². The Hall–Kier alpha value is -2.10. The number of carbonyl (C=O) groups is 1. The minimum atomic E-state index is -0.0349. The Morgan fingerprint density at radius 2 is 2.00 bits per heavy atom. The van der Waals surface area contributed by atoms with E-state index in [9.17, 15) is 4.79 Å². The van der Waals surface area contributed by atoms with Gasteiger partial charge in [-0.1, -0.05) is 0 Å². The van der Waals surface area contributed by atoms with Crippen molar-refractivity contribution in [2.45, 2.75) is 6.92 Å². The van der Waals surface area contributed by atoms with E-state index in [2.05, 4.69) is 4.98 Å². The molecule has 2 rings (SSSR count). The van der Waals surface area contributed by atoms with E-state index in [0.29, 0.717) is 5.69 Å². The normalized spacial score (nSPS) is 10.1. The number of Topliss-reactive ketones (excluding diaryl/α,β-unsaturated/α-hetero) is 1. The molecule has 2 aromatic rings. The second-order valence-corrected chi connectivity index (χ2v) is 3.42. The van der Waals surface area contributed by atoms with Crippen molar-refractivity contribution in [1.29, 1.82) is 0 Å². The maximum atomic E-state index is 11.1. The summed E-state index contributed by atoms with van der Waals surface area (Å²) in [5.74, 6) is 0.767. The van der Waals surface area contributed by atoms with Gasteiger partial charge in [0.2, 0.25) is 0 Å². The maximum Gasteiger partial charge on any atom is 0.179 e. The number of hydrogen-bond acceptors (Lipinski definition) is 3. The number of rotatable bonds is 3. The van der Waals surface area contributed by atoms with Gasteiger partial charge in [-0.25, -0.2) is 4.98 Å². The number of methoxy groups -OCH3 is 1. The Bertz CT molecular complexity index is 500. The van der Waals surface area contributed by atoms with Crippen molar-refractivity contribution in [1.82, 2.24) is 9.55 Å². The van der Waals surface area contributed by atoms with Crippen molar-refractivity contribution >= 4 is 5.78 Å². The molecule has 0 bridgehead atoms. The zero-order chi connectivity index (χ0) is 11.5. The van der Waals surface area contributed by atoms with E-state index in [1.165, 1.54) is 6.92 Å². The molecular formula is C12H12N2O2. The molecule has 4 nitrogen and oxygen atoms in total. The van der Waals surface area contributed by atoms with Crippen LogP contribution >= 0.6 is 0 Å². The summed E-state index contributed by atoms with van der Waals surface area (Å²) in [5.41, 5.74) is 1.41. The molecule has 4 heteroatoms. The smallest absolute Gasteiger partial charge is 0.179 e. The molecule has 82 valence electrons. The first-order valence-electron chi connectivity index (χ1n) is 4.90. The molecule has 16 heavy (non-hydrogen) atoms. The lowest BCUT2D eigenvalue weighted by Crippen LogP contribution is -1.92. The molecule has 0 amide bonds. The first-order valence-corrected chi connectivity index (χ1v) is 4.90. The Morgan fingerprint density at radius 3 is 2.50 bits per heavy atom. The molecule has 0 spiro atoms. The highest BCUT2D eigenvalue weighted by Gasteiger charge is 2.04. The third kappa shape index (κ3) is 1.95. The molecule has 0 aliphatic heterocycles. The van der Waals surface area contributed by atoms with Crippen LogP contribution in [-0.4, -0.2) is 22.4 Å². The van der Waals surface area contributed by atoms with Crippen molar-refractivity contribution in [3.05, 3.63) is 42.5 Å². The van der Waals surface area contributed by atoms with Crippen LogP contribution in [0.5, 0.6) is 5.75 Å². The second kappa shape index (κ2) is 4.18. The SMILES string of the molecule is COc1ccc(-n2cnc(C(C)=O)c2)cc1. The number of ketones is 1. The van der Waals surface area contributed by atoms with Crippen LogP contribution in [0.3, 0.4) is 0 Å². The minimum absolute atomic E-state index is 0.0349. The lowest BCUT2D eigenvalue weighted by Gasteiger charge is -2.03. The largest absolute Gasteiger partial charge is 0.497 e. The molecule has 1 heterocycles. The summed E-state index contributed by atoms with van der Waals surface area (Å²) in [6.07, 6.45) is 3.34. The molecule has 0 radical (unpaired) electrons. The highest BCUT2D eigenvalue weighted by atomic mass is 16.5. The van der Waals surface area contributed by atoms with Crippen molar-refractivity contribution < 1.29 is 9.53 Å². The summed E-state index contributed by atoms with van der Waals surface area (Å²) >= 11 is 0. The van der Waals surface area contributed by atoms with E-state index in [-0.39, 0.29) is 5.78 Å². The molecule has 1 aromatic heterocycles. The monoisotopic (exact) mass is 216 g/mol. The topological polar surface area (TPSA) is 44.1 Å². The Kier molecular flexibility index (Phi) is 2.72. The fraction of sp³-hybridized carbons (Fsp3) is 0.167. The summed E-state index contributed by atoms with van der Waals surface area (Å²) in [6.45, 7) is 1.50. The van der Waals surface area contributed by atoms with Crippen molar-refractivity contribution in [3.63, 3.8) is 0 Å². The Morgan fingerprint density at radius 1 is 1.31 bits per heavy atom.